The van der Waals surface area contributed by atoms with E-state index in [9.17, 15) is 4.79 Å². The summed E-state index contributed by atoms with van der Waals surface area (Å²) in [4.78, 5) is 14.6. The van der Waals surface area contributed by atoms with Crippen LogP contribution in [0.5, 0.6) is 0 Å². The molecule has 0 unspecified atom stereocenters. The van der Waals surface area contributed by atoms with Gasteiger partial charge in [-0.25, -0.2) is 4.79 Å². The molecule has 3 rings (SSSR count). The number of anilines is 1. The molecule has 1 atom stereocenters. The number of aryl methyl sites for hydroxylation is 1. The molecule has 25 heavy (non-hydrogen) atoms. The number of hydrogen-bond donors (Lipinski definition) is 1. The first-order valence-corrected chi connectivity index (χ1v) is 8.53. The molecule has 1 aliphatic rings. The Balaban J connectivity index is 1.77. The molecule has 0 saturated carbocycles. The Morgan fingerprint density at radius 3 is 2.92 bits per heavy atom. The largest absolute Gasteiger partial charge is 0.464 e. The van der Waals surface area contributed by atoms with Crippen molar-refractivity contribution in [2.45, 2.75) is 26.0 Å². The number of hydrogen-bond acceptors (Lipinski definition) is 4. The van der Waals surface area contributed by atoms with Gasteiger partial charge in [0.2, 0.25) is 0 Å². The Labute approximate surface area is 147 Å². The molecule has 1 aliphatic heterocycles. The summed E-state index contributed by atoms with van der Waals surface area (Å²) in [6, 6.07) is 11.1. The van der Waals surface area contributed by atoms with Gasteiger partial charge in [-0.2, -0.15) is 0 Å². The standard InChI is InChI=1S/C19H24N2O4/c1-3-15-8-9-18(25-15)17-13-24-11-10-21(17)19(22)20-16-7-5-4-6-14(16)12-23-2/h4-9,17H,3,10-13H2,1-2H3,(H,20,22)/t17-/m1/s1. The number of methoxy groups -OCH3 is 1. The molecule has 1 aromatic carbocycles. The normalized spacial score (nSPS) is 17.5. The molecular formula is C19H24N2O4. The number of carbonyl (C=O) groups excluding carboxylic acids is 1. The van der Waals surface area contributed by atoms with Crippen LogP contribution >= 0.6 is 0 Å². The molecule has 1 aromatic heterocycles. The SMILES string of the molecule is CCc1ccc([C@H]2COCCN2C(=O)Nc2ccccc2COC)o1. The first-order chi connectivity index (χ1) is 12.2. The Kier molecular flexibility index (Phi) is 5.73. The predicted octanol–water partition coefficient (Wildman–Crippen LogP) is 3.59. The zero-order chi connectivity index (χ0) is 17.6. The van der Waals surface area contributed by atoms with Crippen LogP contribution in [0.1, 0.15) is 30.0 Å². The molecule has 2 heterocycles. The van der Waals surface area contributed by atoms with Crippen LogP contribution in [0.15, 0.2) is 40.8 Å². The minimum Gasteiger partial charge on any atom is -0.464 e. The molecule has 0 radical (unpaired) electrons. The highest BCUT2D eigenvalue weighted by Gasteiger charge is 2.31. The van der Waals surface area contributed by atoms with Crippen LogP contribution in [0.2, 0.25) is 0 Å². The highest BCUT2D eigenvalue weighted by Crippen LogP contribution is 2.27. The quantitative estimate of drug-likeness (QED) is 0.900. The third-order valence-electron chi connectivity index (χ3n) is 4.31. The molecule has 1 saturated heterocycles. The van der Waals surface area contributed by atoms with E-state index in [4.69, 9.17) is 13.9 Å². The fraction of sp³-hybridized carbons (Fsp3) is 0.421. The van der Waals surface area contributed by atoms with Gasteiger partial charge in [-0.3, -0.25) is 0 Å². The minimum atomic E-state index is -0.219. The lowest BCUT2D eigenvalue weighted by Crippen LogP contribution is -2.45. The van der Waals surface area contributed by atoms with Gasteiger partial charge in [0, 0.05) is 31.3 Å². The summed E-state index contributed by atoms with van der Waals surface area (Å²) in [5, 5.41) is 3.00. The number of urea groups is 1. The van der Waals surface area contributed by atoms with Gasteiger partial charge in [0.15, 0.2) is 0 Å². The van der Waals surface area contributed by atoms with Crippen LogP contribution in [0.25, 0.3) is 0 Å². The van der Waals surface area contributed by atoms with Gasteiger partial charge >= 0.3 is 6.03 Å². The van der Waals surface area contributed by atoms with Gasteiger partial charge in [-0.05, 0) is 18.2 Å². The molecule has 2 amide bonds. The molecule has 6 nitrogen and oxygen atoms in total. The van der Waals surface area contributed by atoms with Crippen molar-refractivity contribution in [1.82, 2.24) is 4.90 Å². The maximum atomic E-state index is 12.9. The topological polar surface area (TPSA) is 63.9 Å². The van der Waals surface area contributed by atoms with Gasteiger partial charge in [-0.15, -0.1) is 0 Å². The van der Waals surface area contributed by atoms with Crippen molar-refractivity contribution in [3.63, 3.8) is 0 Å². The Hall–Kier alpha value is -2.31. The number of rotatable bonds is 5. The Morgan fingerprint density at radius 2 is 2.16 bits per heavy atom. The summed E-state index contributed by atoms with van der Waals surface area (Å²) in [6.07, 6.45) is 0.824. The summed E-state index contributed by atoms with van der Waals surface area (Å²) < 4.78 is 16.6. The lowest BCUT2D eigenvalue weighted by atomic mass is 10.1. The zero-order valence-corrected chi connectivity index (χ0v) is 14.7. The van der Waals surface area contributed by atoms with Gasteiger partial charge in [0.1, 0.15) is 17.6 Å². The Bertz CT molecular complexity index is 713. The summed E-state index contributed by atoms with van der Waals surface area (Å²) in [5.74, 6) is 1.67. The molecule has 134 valence electrons. The maximum Gasteiger partial charge on any atom is 0.322 e. The second-order valence-corrected chi connectivity index (χ2v) is 5.96. The second kappa shape index (κ2) is 8.18. The van der Waals surface area contributed by atoms with Crippen LogP contribution in [0.4, 0.5) is 10.5 Å². The lowest BCUT2D eigenvalue weighted by molar-refractivity contribution is 0.00701. The fourth-order valence-corrected chi connectivity index (χ4v) is 2.96. The van der Waals surface area contributed by atoms with Crippen molar-refractivity contribution in [1.29, 1.82) is 0 Å². The summed E-state index contributed by atoms with van der Waals surface area (Å²) in [5.41, 5.74) is 1.70. The number of nitrogens with zero attached hydrogens (tertiary/aromatic N) is 1. The molecule has 1 N–H and O–H groups in total. The predicted molar refractivity (Wildman–Crippen MR) is 94.5 cm³/mol. The first kappa shape index (κ1) is 17.5. The number of nitrogens with one attached hydrogen (secondary N) is 1. The molecule has 0 spiro atoms. The van der Waals surface area contributed by atoms with E-state index in [1.165, 1.54) is 0 Å². The van der Waals surface area contributed by atoms with E-state index in [-0.39, 0.29) is 12.1 Å². The van der Waals surface area contributed by atoms with E-state index in [1.807, 2.05) is 43.3 Å². The summed E-state index contributed by atoms with van der Waals surface area (Å²) in [6.45, 7) is 3.96. The highest BCUT2D eigenvalue weighted by molar-refractivity contribution is 5.90. The number of para-hydroxylation sites is 1. The number of morpholine rings is 1. The van der Waals surface area contributed by atoms with E-state index < -0.39 is 0 Å². The van der Waals surface area contributed by atoms with Gasteiger partial charge in [0.25, 0.3) is 0 Å². The lowest BCUT2D eigenvalue weighted by Gasteiger charge is -2.34. The van der Waals surface area contributed by atoms with Crippen molar-refractivity contribution in [3.8, 4) is 0 Å². The molecule has 0 aliphatic carbocycles. The minimum absolute atomic E-state index is 0.161. The van der Waals surface area contributed by atoms with Gasteiger partial charge in [-0.1, -0.05) is 25.1 Å². The van der Waals surface area contributed by atoms with Crippen LogP contribution in [-0.4, -0.2) is 37.8 Å². The van der Waals surface area contributed by atoms with Crippen molar-refractivity contribution >= 4 is 11.7 Å². The van der Waals surface area contributed by atoms with Crippen molar-refractivity contribution < 1.29 is 18.7 Å². The number of furan rings is 1. The van der Waals surface area contributed by atoms with Crippen molar-refractivity contribution in [2.24, 2.45) is 0 Å². The van der Waals surface area contributed by atoms with Gasteiger partial charge in [0.05, 0.1) is 19.8 Å². The molecule has 1 fully saturated rings. The third kappa shape index (κ3) is 4.03. The molecule has 6 heteroatoms. The smallest absolute Gasteiger partial charge is 0.322 e. The third-order valence-corrected chi connectivity index (χ3v) is 4.31. The summed E-state index contributed by atoms with van der Waals surface area (Å²) in [7, 11) is 1.64. The molecular weight excluding hydrogens is 320 g/mol. The average Bonchev–Trinajstić information content (AvgIpc) is 3.12. The molecule has 0 bridgehead atoms. The van der Waals surface area contributed by atoms with E-state index in [1.54, 1.807) is 12.0 Å². The first-order valence-electron chi connectivity index (χ1n) is 8.53. The average molecular weight is 344 g/mol. The monoisotopic (exact) mass is 344 g/mol. The maximum absolute atomic E-state index is 12.9. The number of benzene rings is 1. The second-order valence-electron chi connectivity index (χ2n) is 5.96. The fourth-order valence-electron chi connectivity index (χ4n) is 2.96. The molecule has 2 aromatic rings. The van der Waals surface area contributed by atoms with E-state index in [0.29, 0.717) is 26.4 Å². The van der Waals surface area contributed by atoms with Crippen molar-refractivity contribution in [3.05, 3.63) is 53.5 Å². The van der Waals surface area contributed by atoms with E-state index in [0.717, 1.165) is 29.2 Å². The number of amides is 2. The van der Waals surface area contributed by atoms with Crippen molar-refractivity contribution in [2.75, 3.05) is 32.2 Å². The zero-order valence-electron chi connectivity index (χ0n) is 14.7. The van der Waals surface area contributed by atoms with Crippen LogP contribution in [0, 0.1) is 0 Å². The number of ether oxygens (including phenoxy) is 2. The van der Waals surface area contributed by atoms with Crippen LogP contribution in [0.3, 0.4) is 0 Å². The summed E-state index contributed by atoms with van der Waals surface area (Å²) >= 11 is 0. The van der Waals surface area contributed by atoms with Crippen LogP contribution < -0.4 is 5.32 Å². The Morgan fingerprint density at radius 1 is 1.32 bits per heavy atom. The number of carbonyl (C=O) groups is 1. The van der Waals surface area contributed by atoms with E-state index in [2.05, 4.69) is 5.32 Å². The van der Waals surface area contributed by atoms with E-state index >= 15 is 0 Å². The highest BCUT2D eigenvalue weighted by atomic mass is 16.5. The van der Waals surface area contributed by atoms with Gasteiger partial charge < -0.3 is 24.1 Å². The van der Waals surface area contributed by atoms with Crippen LogP contribution in [-0.2, 0) is 22.5 Å².